The van der Waals surface area contributed by atoms with Crippen LogP contribution in [0, 0.1) is 0 Å². The maximum Gasteiger partial charge on any atom is 0.234 e. The number of carbonyl (C=O) groups is 1. The summed E-state index contributed by atoms with van der Waals surface area (Å²) in [6.45, 7) is 2.88. The van der Waals surface area contributed by atoms with Gasteiger partial charge >= 0.3 is 0 Å². The summed E-state index contributed by atoms with van der Waals surface area (Å²) in [4.78, 5) is 11.7. The highest BCUT2D eigenvalue weighted by Gasteiger charge is 2.14. The molecule has 0 bridgehead atoms. The first-order valence-corrected chi connectivity index (χ1v) is 8.54. The van der Waals surface area contributed by atoms with Crippen LogP contribution in [0.1, 0.15) is 45.4 Å². The first-order chi connectivity index (χ1) is 8.59. The van der Waals surface area contributed by atoms with Crippen molar-refractivity contribution in [1.82, 2.24) is 10.6 Å². The molecule has 2 unspecified atom stereocenters. The third-order valence-electron chi connectivity index (χ3n) is 3.50. The Bertz CT molecular complexity index is 276. The van der Waals surface area contributed by atoms with Gasteiger partial charge in [0.05, 0.1) is 6.54 Å². The Morgan fingerprint density at radius 1 is 1.28 bits per heavy atom. The molecule has 0 aliphatic heterocycles. The van der Waals surface area contributed by atoms with E-state index in [-0.39, 0.29) is 11.2 Å². The van der Waals surface area contributed by atoms with E-state index >= 15 is 0 Å². The standard InChI is InChI=1S/C13H26N2O2S/c1-11(18(2)17)9-14-10-13(16)15-12-7-5-3-4-6-8-12/h11-12,14H,3-10H2,1-2H3,(H,15,16). The lowest BCUT2D eigenvalue weighted by Crippen LogP contribution is -2.42. The summed E-state index contributed by atoms with van der Waals surface area (Å²) >= 11 is 0. The van der Waals surface area contributed by atoms with Crippen molar-refractivity contribution in [2.75, 3.05) is 19.3 Å². The molecule has 0 spiro atoms. The predicted octanol–water partition coefficient (Wildman–Crippen LogP) is 1.18. The van der Waals surface area contributed by atoms with Gasteiger partial charge in [-0.2, -0.15) is 0 Å². The third kappa shape index (κ3) is 6.50. The molecule has 0 aromatic carbocycles. The van der Waals surface area contributed by atoms with E-state index in [1.807, 2.05) is 6.92 Å². The molecule has 4 nitrogen and oxygen atoms in total. The van der Waals surface area contributed by atoms with Crippen LogP contribution in [-0.4, -0.2) is 40.8 Å². The van der Waals surface area contributed by atoms with E-state index < -0.39 is 10.8 Å². The topological polar surface area (TPSA) is 58.2 Å². The molecule has 1 fully saturated rings. The molecule has 18 heavy (non-hydrogen) atoms. The molecule has 1 amide bonds. The van der Waals surface area contributed by atoms with E-state index in [2.05, 4.69) is 10.6 Å². The number of hydrogen-bond acceptors (Lipinski definition) is 3. The number of nitrogens with one attached hydrogen (secondary N) is 2. The molecular formula is C13H26N2O2S. The molecular weight excluding hydrogens is 248 g/mol. The summed E-state index contributed by atoms with van der Waals surface area (Å²) in [6.07, 6.45) is 8.96. The monoisotopic (exact) mass is 274 g/mol. The van der Waals surface area contributed by atoms with Crippen LogP contribution in [0.15, 0.2) is 0 Å². The smallest absolute Gasteiger partial charge is 0.234 e. The molecule has 2 atom stereocenters. The second-order valence-corrected chi connectivity index (χ2v) is 7.00. The Hall–Kier alpha value is -0.420. The molecule has 1 rings (SSSR count). The van der Waals surface area contributed by atoms with Crippen molar-refractivity contribution in [3.63, 3.8) is 0 Å². The lowest BCUT2D eigenvalue weighted by Gasteiger charge is -2.17. The zero-order chi connectivity index (χ0) is 13.4. The van der Waals surface area contributed by atoms with Gasteiger partial charge in [0.25, 0.3) is 0 Å². The fourth-order valence-electron chi connectivity index (χ4n) is 2.21. The van der Waals surface area contributed by atoms with Gasteiger partial charge in [-0.25, -0.2) is 0 Å². The van der Waals surface area contributed by atoms with Crippen LogP contribution < -0.4 is 10.6 Å². The zero-order valence-electron chi connectivity index (χ0n) is 11.5. The number of carbonyl (C=O) groups excluding carboxylic acids is 1. The second kappa shape index (κ2) is 8.64. The molecule has 0 aromatic rings. The molecule has 0 radical (unpaired) electrons. The SMILES string of the molecule is CC(CNCC(=O)NC1CCCCCC1)S(C)=O. The average Bonchev–Trinajstić information content (AvgIpc) is 2.57. The summed E-state index contributed by atoms with van der Waals surface area (Å²) < 4.78 is 11.1. The van der Waals surface area contributed by atoms with Gasteiger partial charge in [0, 0.05) is 34.9 Å². The van der Waals surface area contributed by atoms with Crippen LogP contribution in [0.3, 0.4) is 0 Å². The molecule has 0 saturated heterocycles. The van der Waals surface area contributed by atoms with Crippen molar-refractivity contribution >= 4 is 16.7 Å². The maximum atomic E-state index is 11.7. The fourth-order valence-corrected chi connectivity index (χ4v) is 2.56. The van der Waals surface area contributed by atoms with Crippen LogP contribution in [0.5, 0.6) is 0 Å². The third-order valence-corrected chi connectivity index (χ3v) is 4.80. The molecule has 106 valence electrons. The summed E-state index contributed by atoms with van der Waals surface area (Å²) in [5, 5.41) is 6.24. The normalized spacial score (nSPS) is 21.0. The number of hydrogen-bond donors (Lipinski definition) is 2. The van der Waals surface area contributed by atoms with Crippen LogP contribution in [0.4, 0.5) is 0 Å². The summed E-state index contributed by atoms with van der Waals surface area (Å²) in [5.74, 6) is 0.0657. The van der Waals surface area contributed by atoms with Gasteiger partial charge < -0.3 is 10.6 Å². The molecule has 0 aromatic heterocycles. The van der Waals surface area contributed by atoms with Crippen LogP contribution in [0.2, 0.25) is 0 Å². The van der Waals surface area contributed by atoms with Gasteiger partial charge in [-0.1, -0.05) is 25.7 Å². The molecule has 5 heteroatoms. The van der Waals surface area contributed by atoms with Crippen molar-refractivity contribution in [1.29, 1.82) is 0 Å². The van der Waals surface area contributed by atoms with Crippen molar-refractivity contribution in [3.05, 3.63) is 0 Å². The summed E-state index contributed by atoms with van der Waals surface area (Å²) in [6, 6.07) is 0.361. The average molecular weight is 274 g/mol. The highest BCUT2D eigenvalue weighted by molar-refractivity contribution is 7.84. The van der Waals surface area contributed by atoms with Gasteiger partial charge in [0.2, 0.25) is 5.91 Å². The summed E-state index contributed by atoms with van der Waals surface area (Å²) in [5.41, 5.74) is 0. The minimum Gasteiger partial charge on any atom is -0.352 e. The van der Waals surface area contributed by atoms with Crippen molar-refractivity contribution < 1.29 is 9.00 Å². The first-order valence-electron chi connectivity index (χ1n) is 6.92. The van der Waals surface area contributed by atoms with Crippen LogP contribution in [-0.2, 0) is 15.6 Å². The van der Waals surface area contributed by atoms with E-state index in [4.69, 9.17) is 0 Å². The Morgan fingerprint density at radius 3 is 2.44 bits per heavy atom. The quantitative estimate of drug-likeness (QED) is 0.715. The van der Waals surface area contributed by atoms with E-state index in [0.29, 0.717) is 19.1 Å². The van der Waals surface area contributed by atoms with Gasteiger partial charge in [-0.05, 0) is 19.8 Å². The molecule has 1 aliphatic rings. The number of rotatable bonds is 6. The van der Waals surface area contributed by atoms with Crippen LogP contribution >= 0.6 is 0 Å². The zero-order valence-corrected chi connectivity index (χ0v) is 12.4. The fraction of sp³-hybridized carbons (Fsp3) is 0.923. The minimum absolute atomic E-state index is 0.0657. The van der Waals surface area contributed by atoms with Gasteiger partial charge in [-0.15, -0.1) is 0 Å². The molecule has 0 heterocycles. The summed E-state index contributed by atoms with van der Waals surface area (Å²) in [7, 11) is -0.828. The van der Waals surface area contributed by atoms with Crippen LogP contribution in [0.25, 0.3) is 0 Å². The predicted molar refractivity (Wildman–Crippen MR) is 76.0 cm³/mol. The van der Waals surface area contributed by atoms with Crippen molar-refractivity contribution in [3.8, 4) is 0 Å². The van der Waals surface area contributed by atoms with E-state index in [0.717, 1.165) is 12.8 Å². The van der Waals surface area contributed by atoms with Crippen molar-refractivity contribution in [2.24, 2.45) is 0 Å². The second-order valence-electron chi connectivity index (χ2n) is 5.20. The van der Waals surface area contributed by atoms with E-state index in [1.165, 1.54) is 25.7 Å². The van der Waals surface area contributed by atoms with Gasteiger partial charge in [0.15, 0.2) is 0 Å². The Labute approximate surface area is 113 Å². The first kappa shape index (κ1) is 15.6. The highest BCUT2D eigenvalue weighted by atomic mass is 32.2. The maximum absolute atomic E-state index is 11.7. The van der Waals surface area contributed by atoms with E-state index in [9.17, 15) is 9.00 Å². The molecule has 2 N–H and O–H groups in total. The van der Waals surface area contributed by atoms with Crippen molar-refractivity contribution in [2.45, 2.75) is 56.7 Å². The number of amides is 1. The lowest BCUT2D eigenvalue weighted by molar-refractivity contribution is -0.121. The van der Waals surface area contributed by atoms with Gasteiger partial charge in [-0.3, -0.25) is 9.00 Å². The Balaban J connectivity index is 2.14. The molecule has 1 aliphatic carbocycles. The largest absolute Gasteiger partial charge is 0.352 e. The minimum atomic E-state index is -0.828. The highest BCUT2D eigenvalue weighted by Crippen LogP contribution is 2.16. The van der Waals surface area contributed by atoms with Gasteiger partial charge in [0.1, 0.15) is 0 Å². The Morgan fingerprint density at radius 2 is 1.89 bits per heavy atom. The molecule has 1 saturated carbocycles. The van der Waals surface area contributed by atoms with E-state index in [1.54, 1.807) is 6.26 Å². The lowest BCUT2D eigenvalue weighted by atomic mass is 10.1. The Kier molecular flexibility index (Phi) is 7.51.